The predicted molar refractivity (Wildman–Crippen MR) is 70.0 cm³/mol. The van der Waals surface area contributed by atoms with E-state index in [1.807, 2.05) is 13.8 Å². The first-order valence-electron chi connectivity index (χ1n) is 6.27. The fourth-order valence-electron chi connectivity index (χ4n) is 1.97. The minimum Gasteiger partial charge on any atom is -0.352 e. The van der Waals surface area contributed by atoms with Crippen LogP contribution in [0.25, 0.3) is 0 Å². The van der Waals surface area contributed by atoms with Crippen molar-refractivity contribution in [2.75, 3.05) is 32.1 Å². The number of thioether (sulfide) groups is 1. The molecule has 0 spiro atoms. The third kappa shape index (κ3) is 4.24. The number of ether oxygens (including phenoxy) is 2. The van der Waals surface area contributed by atoms with Crippen molar-refractivity contribution >= 4 is 11.8 Å². The molecule has 1 fully saturated rings. The topological polar surface area (TPSA) is 21.7 Å². The van der Waals surface area contributed by atoms with Gasteiger partial charge in [0.1, 0.15) is 0 Å². The highest BCUT2D eigenvalue weighted by Crippen LogP contribution is 2.24. The van der Waals surface area contributed by atoms with E-state index in [9.17, 15) is 0 Å². The molecule has 0 aromatic heterocycles. The standard InChI is InChI=1S/C12H25NO2S/c1-5-14-12(15-6-2)9-13-7-8-16-11(4)10(13)3/h10-12H,5-9H2,1-4H3/t10-,11+/m0/s1. The molecule has 1 heterocycles. The summed E-state index contributed by atoms with van der Waals surface area (Å²) in [4.78, 5) is 2.48. The lowest BCUT2D eigenvalue weighted by atomic mass is 10.2. The molecule has 0 saturated carbocycles. The minimum atomic E-state index is -0.0623. The predicted octanol–water partition coefficient (Wildman–Crippen LogP) is 2.21. The normalized spacial score (nSPS) is 27.6. The Bertz CT molecular complexity index is 186. The van der Waals surface area contributed by atoms with Crippen LogP contribution < -0.4 is 0 Å². The van der Waals surface area contributed by atoms with Crippen LogP contribution in [0.3, 0.4) is 0 Å². The quantitative estimate of drug-likeness (QED) is 0.671. The van der Waals surface area contributed by atoms with E-state index in [1.165, 1.54) is 5.75 Å². The summed E-state index contributed by atoms with van der Waals surface area (Å²) in [5, 5.41) is 0.706. The molecule has 0 radical (unpaired) electrons. The lowest BCUT2D eigenvalue weighted by Crippen LogP contribution is -2.48. The van der Waals surface area contributed by atoms with E-state index >= 15 is 0 Å². The smallest absolute Gasteiger partial charge is 0.170 e. The fourth-order valence-corrected chi connectivity index (χ4v) is 3.13. The van der Waals surface area contributed by atoms with Gasteiger partial charge in [-0.2, -0.15) is 11.8 Å². The van der Waals surface area contributed by atoms with Gasteiger partial charge in [-0.25, -0.2) is 0 Å². The Balaban J connectivity index is 2.42. The van der Waals surface area contributed by atoms with E-state index in [2.05, 4.69) is 30.5 Å². The van der Waals surface area contributed by atoms with Crippen molar-refractivity contribution in [2.45, 2.75) is 45.3 Å². The van der Waals surface area contributed by atoms with Gasteiger partial charge in [-0.3, -0.25) is 4.90 Å². The minimum absolute atomic E-state index is 0.0623. The summed E-state index contributed by atoms with van der Waals surface area (Å²) in [5.41, 5.74) is 0. The molecule has 4 heteroatoms. The monoisotopic (exact) mass is 247 g/mol. The molecule has 0 N–H and O–H groups in total. The Morgan fingerprint density at radius 2 is 1.88 bits per heavy atom. The van der Waals surface area contributed by atoms with E-state index in [0.717, 1.165) is 26.3 Å². The van der Waals surface area contributed by atoms with Crippen LogP contribution in [-0.4, -0.2) is 54.5 Å². The van der Waals surface area contributed by atoms with Crippen LogP contribution in [0.15, 0.2) is 0 Å². The highest BCUT2D eigenvalue weighted by atomic mass is 32.2. The molecule has 0 amide bonds. The van der Waals surface area contributed by atoms with Crippen molar-refractivity contribution in [1.82, 2.24) is 4.90 Å². The number of rotatable bonds is 6. The lowest BCUT2D eigenvalue weighted by Gasteiger charge is -2.38. The van der Waals surface area contributed by atoms with Crippen LogP contribution in [0.1, 0.15) is 27.7 Å². The summed E-state index contributed by atoms with van der Waals surface area (Å²) in [6.07, 6.45) is -0.0623. The van der Waals surface area contributed by atoms with Gasteiger partial charge in [-0.05, 0) is 20.8 Å². The largest absolute Gasteiger partial charge is 0.352 e. The third-order valence-corrected chi connectivity index (χ3v) is 4.44. The summed E-state index contributed by atoms with van der Waals surface area (Å²) in [5.74, 6) is 1.22. The molecule has 16 heavy (non-hydrogen) atoms. The molecule has 0 bridgehead atoms. The van der Waals surface area contributed by atoms with Gasteiger partial charge in [-0.1, -0.05) is 6.92 Å². The van der Waals surface area contributed by atoms with Crippen LogP contribution in [-0.2, 0) is 9.47 Å². The van der Waals surface area contributed by atoms with Gasteiger partial charge in [0, 0.05) is 43.3 Å². The molecule has 0 unspecified atom stereocenters. The fraction of sp³-hybridized carbons (Fsp3) is 1.00. The van der Waals surface area contributed by atoms with Crippen LogP contribution in [0.5, 0.6) is 0 Å². The molecular weight excluding hydrogens is 222 g/mol. The van der Waals surface area contributed by atoms with E-state index < -0.39 is 0 Å². The van der Waals surface area contributed by atoms with Crippen molar-refractivity contribution < 1.29 is 9.47 Å². The number of hydrogen-bond acceptors (Lipinski definition) is 4. The van der Waals surface area contributed by atoms with E-state index in [-0.39, 0.29) is 6.29 Å². The summed E-state index contributed by atoms with van der Waals surface area (Å²) < 4.78 is 11.2. The summed E-state index contributed by atoms with van der Waals surface area (Å²) in [6.45, 7) is 12.1. The number of hydrogen-bond donors (Lipinski definition) is 0. The molecule has 1 rings (SSSR count). The van der Waals surface area contributed by atoms with E-state index in [0.29, 0.717) is 11.3 Å². The van der Waals surface area contributed by atoms with Crippen LogP contribution in [0, 0.1) is 0 Å². The van der Waals surface area contributed by atoms with Gasteiger partial charge in [0.25, 0.3) is 0 Å². The highest BCUT2D eigenvalue weighted by Gasteiger charge is 2.27. The Morgan fingerprint density at radius 3 is 2.44 bits per heavy atom. The van der Waals surface area contributed by atoms with Gasteiger partial charge in [0.15, 0.2) is 6.29 Å². The first-order valence-corrected chi connectivity index (χ1v) is 7.32. The molecule has 1 aliphatic heterocycles. The summed E-state index contributed by atoms with van der Waals surface area (Å²) >= 11 is 2.06. The molecule has 3 nitrogen and oxygen atoms in total. The Labute approximate surface area is 104 Å². The maximum atomic E-state index is 5.60. The average molecular weight is 247 g/mol. The molecular formula is C12H25NO2S. The van der Waals surface area contributed by atoms with Gasteiger partial charge in [0.05, 0.1) is 0 Å². The molecule has 0 aliphatic carbocycles. The zero-order chi connectivity index (χ0) is 12.0. The second-order valence-electron chi connectivity index (χ2n) is 4.15. The maximum absolute atomic E-state index is 5.60. The van der Waals surface area contributed by atoms with Crippen LogP contribution >= 0.6 is 11.8 Å². The van der Waals surface area contributed by atoms with E-state index in [4.69, 9.17) is 9.47 Å². The summed E-state index contributed by atoms with van der Waals surface area (Å²) in [6, 6.07) is 0.613. The van der Waals surface area contributed by atoms with Crippen LogP contribution in [0.2, 0.25) is 0 Å². The van der Waals surface area contributed by atoms with Gasteiger partial charge >= 0.3 is 0 Å². The van der Waals surface area contributed by atoms with Crippen molar-refractivity contribution in [2.24, 2.45) is 0 Å². The SMILES string of the molecule is CCOC(CN1CCS[C@H](C)[C@@H]1C)OCC. The molecule has 1 aliphatic rings. The molecule has 0 aromatic rings. The molecule has 96 valence electrons. The molecule has 2 atom stereocenters. The van der Waals surface area contributed by atoms with Crippen molar-refractivity contribution in [3.63, 3.8) is 0 Å². The Morgan fingerprint density at radius 1 is 1.25 bits per heavy atom. The highest BCUT2D eigenvalue weighted by molar-refractivity contribution is 8.00. The Hall–Kier alpha value is 0.230. The zero-order valence-corrected chi connectivity index (χ0v) is 11.8. The second kappa shape index (κ2) is 7.54. The molecule has 1 saturated heterocycles. The first kappa shape index (κ1) is 14.3. The Kier molecular flexibility index (Phi) is 6.73. The van der Waals surface area contributed by atoms with Gasteiger partial charge < -0.3 is 9.47 Å². The van der Waals surface area contributed by atoms with Crippen LogP contribution in [0.4, 0.5) is 0 Å². The molecule has 0 aromatic carbocycles. The zero-order valence-electron chi connectivity index (χ0n) is 10.9. The average Bonchev–Trinajstić information content (AvgIpc) is 2.25. The second-order valence-corrected chi connectivity index (χ2v) is 5.64. The van der Waals surface area contributed by atoms with Crippen molar-refractivity contribution in [1.29, 1.82) is 0 Å². The maximum Gasteiger partial charge on any atom is 0.170 e. The lowest BCUT2D eigenvalue weighted by molar-refractivity contribution is -0.149. The summed E-state index contributed by atoms with van der Waals surface area (Å²) in [7, 11) is 0. The van der Waals surface area contributed by atoms with Gasteiger partial charge in [0.2, 0.25) is 0 Å². The first-order chi connectivity index (χ1) is 7.69. The van der Waals surface area contributed by atoms with E-state index in [1.54, 1.807) is 0 Å². The van der Waals surface area contributed by atoms with Crippen molar-refractivity contribution in [3.05, 3.63) is 0 Å². The number of nitrogens with zero attached hydrogens (tertiary/aromatic N) is 1. The van der Waals surface area contributed by atoms with Crippen molar-refractivity contribution in [3.8, 4) is 0 Å². The van der Waals surface area contributed by atoms with Gasteiger partial charge in [-0.15, -0.1) is 0 Å². The third-order valence-electron chi connectivity index (χ3n) is 3.10.